The maximum atomic E-state index is 9.80. The SMILES string of the molecule is NC1CCC2CCc3c(O)cccc3N12. The average molecular weight is 204 g/mol. The van der Waals surface area contributed by atoms with Gasteiger partial charge in [-0.2, -0.15) is 0 Å². The van der Waals surface area contributed by atoms with E-state index in [1.165, 1.54) is 6.42 Å². The second-order valence-electron chi connectivity index (χ2n) is 4.52. The second kappa shape index (κ2) is 3.14. The van der Waals surface area contributed by atoms with E-state index in [0.717, 1.165) is 30.5 Å². The van der Waals surface area contributed by atoms with Crippen LogP contribution in [0.25, 0.3) is 0 Å². The van der Waals surface area contributed by atoms with Crippen LogP contribution in [0.3, 0.4) is 0 Å². The summed E-state index contributed by atoms with van der Waals surface area (Å²) >= 11 is 0. The highest BCUT2D eigenvalue weighted by Crippen LogP contribution is 2.41. The molecule has 2 unspecified atom stereocenters. The van der Waals surface area contributed by atoms with Gasteiger partial charge in [-0.25, -0.2) is 0 Å². The molecule has 0 amide bonds. The van der Waals surface area contributed by atoms with Crippen molar-refractivity contribution in [2.24, 2.45) is 5.73 Å². The van der Waals surface area contributed by atoms with Crippen molar-refractivity contribution < 1.29 is 5.11 Å². The van der Waals surface area contributed by atoms with Crippen LogP contribution in [0.4, 0.5) is 5.69 Å². The summed E-state index contributed by atoms with van der Waals surface area (Å²) in [6.07, 6.45) is 4.50. The molecular formula is C12H16N2O. The van der Waals surface area contributed by atoms with Crippen molar-refractivity contribution in [1.29, 1.82) is 0 Å². The van der Waals surface area contributed by atoms with Gasteiger partial charge >= 0.3 is 0 Å². The third kappa shape index (κ3) is 1.23. The third-order valence-corrected chi connectivity index (χ3v) is 3.68. The third-order valence-electron chi connectivity index (χ3n) is 3.68. The zero-order chi connectivity index (χ0) is 10.4. The first-order valence-electron chi connectivity index (χ1n) is 5.62. The number of aromatic hydroxyl groups is 1. The predicted octanol–water partition coefficient (Wildman–Crippen LogP) is 1.59. The smallest absolute Gasteiger partial charge is 0.120 e. The number of fused-ring (bicyclic) bond motifs is 3. The predicted molar refractivity (Wildman–Crippen MR) is 59.9 cm³/mol. The number of anilines is 1. The highest BCUT2D eigenvalue weighted by Gasteiger charge is 2.35. The van der Waals surface area contributed by atoms with Crippen LogP contribution in [0, 0.1) is 0 Å². The van der Waals surface area contributed by atoms with Crippen LogP contribution >= 0.6 is 0 Å². The number of hydrogen-bond acceptors (Lipinski definition) is 3. The number of rotatable bonds is 0. The van der Waals surface area contributed by atoms with Crippen molar-refractivity contribution in [2.75, 3.05) is 4.90 Å². The first-order valence-corrected chi connectivity index (χ1v) is 5.62. The zero-order valence-corrected chi connectivity index (χ0v) is 8.69. The largest absolute Gasteiger partial charge is 0.508 e. The van der Waals surface area contributed by atoms with Gasteiger partial charge in [0, 0.05) is 17.3 Å². The van der Waals surface area contributed by atoms with Gasteiger partial charge in [-0.15, -0.1) is 0 Å². The van der Waals surface area contributed by atoms with E-state index in [4.69, 9.17) is 5.73 Å². The van der Waals surface area contributed by atoms with Gasteiger partial charge in [0.2, 0.25) is 0 Å². The van der Waals surface area contributed by atoms with E-state index in [1.807, 2.05) is 6.07 Å². The van der Waals surface area contributed by atoms with E-state index in [2.05, 4.69) is 11.0 Å². The molecule has 0 bridgehead atoms. The maximum absolute atomic E-state index is 9.80. The zero-order valence-electron chi connectivity index (χ0n) is 8.69. The molecular weight excluding hydrogens is 188 g/mol. The first kappa shape index (κ1) is 9.04. The molecule has 3 heteroatoms. The Labute approximate surface area is 89.5 Å². The summed E-state index contributed by atoms with van der Waals surface area (Å²) in [5, 5.41) is 9.80. The monoisotopic (exact) mass is 204 g/mol. The number of nitrogens with zero attached hydrogens (tertiary/aromatic N) is 1. The topological polar surface area (TPSA) is 49.5 Å². The number of hydrogen-bond donors (Lipinski definition) is 2. The van der Waals surface area contributed by atoms with Gasteiger partial charge in [0.05, 0.1) is 6.17 Å². The summed E-state index contributed by atoms with van der Waals surface area (Å²) in [4.78, 5) is 2.29. The molecule has 1 saturated heterocycles. The Morgan fingerprint density at radius 3 is 3.00 bits per heavy atom. The Balaban J connectivity index is 2.10. The molecule has 3 nitrogen and oxygen atoms in total. The van der Waals surface area contributed by atoms with Crippen molar-refractivity contribution in [3.8, 4) is 5.75 Å². The summed E-state index contributed by atoms with van der Waals surface area (Å²) in [6.45, 7) is 0. The van der Waals surface area contributed by atoms with Gasteiger partial charge in [0.15, 0.2) is 0 Å². The molecule has 2 atom stereocenters. The Hall–Kier alpha value is -1.22. The lowest BCUT2D eigenvalue weighted by atomic mass is 9.96. The van der Waals surface area contributed by atoms with Gasteiger partial charge in [-0.05, 0) is 37.8 Å². The van der Waals surface area contributed by atoms with Crippen LogP contribution in [0.5, 0.6) is 5.75 Å². The van der Waals surface area contributed by atoms with Crippen LogP contribution < -0.4 is 10.6 Å². The van der Waals surface area contributed by atoms with Crippen molar-refractivity contribution in [3.63, 3.8) is 0 Å². The second-order valence-corrected chi connectivity index (χ2v) is 4.52. The lowest BCUT2D eigenvalue weighted by Gasteiger charge is -2.36. The molecule has 0 saturated carbocycles. The fourth-order valence-corrected chi connectivity index (χ4v) is 2.94. The molecule has 0 spiro atoms. The van der Waals surface area contributed by atoms with E-state index < -0.39 is 0 Å². The Morgan fingerprint density at radius 1 is 1.27 bits per heavy atom. The molecule has 15 heavy (non-hydrogen) atoms. The molecule has 0 aliphatic carbocycles. The van der Waals surface area contributed by atoms with Crippen LogP contribution in [-0.2, 0) is 6.42 Å². The quantitative estimate of drug-likeness (QED) is 0.674. The molecule has 1 fully saturated rings. The van der Waals surface area contributed by atoms with Crippen LogP contribution in [0.15, 0.2) is 18.2 Å². The minimum Gasteiger partial charge on any atom is -0.508 e. The van der Waals surface area contributed by atoms with E-state index >= 15 is 0 Å². The summed E-state index contributed by atoms with van der Waals surface area (Å²) < 4.78 is 0. The van der Waals surface area contributed by atoms with Crippen LogP contribution in [0.2, 0.25) is 0 Å². The number of nitrogens with two attached hydrogens (primary N) is 1. The lowest BCUT2D eigenvalue weighted by Crippen LogP contribution is -2.44. The lowest BCUT2D eigenvalue weighted by molar-refractivity contribution is 0.458. The molecule has 2 aliphatic heterocycles. The average Bonchev–Trinajstić information content (AvgIpc) is 2.61. The van der Waals surface area contributed by atoms with Gasteiger partial charge < -0.3 is 15.7 Å². The number of phenolic OH excluding ortho intramolecular Hbond substituents is 1. The summed E-state index contributed by atoms with van der Waals surface area (Å²) in [5.74, 6) is 0.421. The molecule has 0 radical (unpaired) electrons. The fourth-order valence-electron chi connectivity index (χ4n) is 2.94. The van der Waals surface area contributed by atoms with E-state index in [-0.39, 0.29) is 6.17 Å². The highest BCUT2D eigenvalue weighted by atomic mass is 16.3. The molecule has 3 N–H and O–H groups in total. The minimum atomic E-state index is 0.135. The first-order chi connectivity index (χ1) is 7.27. The number of phenols is 1. The summed E-state index contributed by atoms with van der Waals surface area (Å²) in [6, 6.07) is 6.34. The minimum absolute atomic E-state index is 0.135. The molecule has 1 aromatic carbocycles. The van der Waals surface area contributed by atoms with Crippen molar-refractivity contribution in [1.82, 2.24) is 0 Å². The van der Waals surface area contributed by atoms with Gasteiger partial charge in [0.25, 0.3) is 0 Å². The molecule has 2 heterocycles. The molecule has 0 aromatic heterocycles. The summed E-state index contributed by atoms with van der Waals surface area (Å²) in [5.41, 5.74) is 8.32. The van der Waals surface area contributed by atoms with E-state index in [9.17, 15) is 5.11 Å². The Kier molecular flexibility index (Phi) is 1.89. The van der Waals surface area contributed by atoms with Crippen molar-refractivity contribution in [3.05, 3.63) is 23.8 Å². The number of benzene rings is 1. The van der Waals surface area contributed by atoms with E-state index in [1.54, 1.807) is 6.07 Å². The highest BCUT2D eigenvalue weighted by molar-refractivity contribution is 5.62. The summed E-state index contributed by atoms with van der Waals surface area (Å²) in [7, 11) is 0. The van der Waals surface area contributed by atoms with Crippen LogP contribution in [0.1, 0.15) is 24.8 Å². The van der Waals surface area contributed by atoms with E-state index in [0.29, 0.717) is 11.8 Å². The molecule has 1 aromatic rings. The molecule has 3 rings (SSSR count). The van der Waals surface area contributed by atoms with Gasteiger partial charge in [-0.3, -0.25) is 0 Å². The standard InChI is InChI=1S/C12H16N2O/c13-12-7-5-8-4-6-9-10(14(8)12)2-1-3-11(9)15/h1-3,8,12,15H,4-7,13H2. The fraction of sp³-hybridized carbons (Fsp3) is 0.500. The normalized spacial score (nSPS) is 28.7. The Morgan fingerprint density at radius 2 is 2.13 bits per heavy atom. The van der Waals surface area contributed by atoms with Gasteiger partial charge in [-0.1, -0.05) is 6.07 Å². The van der Waals surface area contributed by atoms with Gasteiger partial charge in [0.1, 0.15) is 5.75 Å². The van der Waals surface area contributed by atoms with Crippen molar-refractivity contribution >= 4 is 5.69 Å². The molecule has 2 aliphatic rings. The van der Waals surface area contributed by atoms with Crippen LogP contribution in [-0.4, -0.2) is 17.3 Å². The maximum Gasteiger partial charge on any atom is 0.120 e. The molecule has 80 valence electrons. The van der Waals surface area contributed by atoms with Crippen molar-refractivity contribution in [2.45, 2.75) is 37.9 Å². The Bertz CT molecular complexity index is 391.